The first kappa shape index (κ1) is 11.0. The zero-order valence-electron chi connectivity index (χ0n) is 9.86. The number of carbonyl (C=O) groups excluding carboxylic acids is 1. The van der Waals surface area contributed by atoms with E-state index in [2.05, 4.69) is 20.8 Å². The second kappa shape index (κ2) is 4.62. The van der Waals surface area contributed by atoms with Crippen molar-refractivity contribution in [3.8, 4) is 0 Å². The molecule has 18 heavy (non-hydrogen) atoms. The van der Waals surface area contributed by atoms with Gasteiger partial charge >= 0.3 is 0 Å². The Morgan fingerprint density at radius 2 is 2.28 bits per heavy atom. The van der Waals surface area contributed by atoms with Gasteiger partial charge in [0, 0.05) is 18.3 Å². The van der Waals surface area contributed by atoms with Crippen LogP contribution in [0.5, 0.6) is 0 Å². The summed E-state index contributed by atoms with van der Waals surface area (Å²) in [6.45, 7) is 1.84. The van der Waals surface area contributed by atoms with Crippen molar-refractivity contribution in [2.75, 3.05) is 11.9 Å². The monoisotopic (exact) mass is 242 g/mol. The van der Waals surface area contributed by atoms with Gasteiger partial charge in [-0.05, 0) is 36.2 Å². The molecule has 0 spiro atoms. The van der Waals surface area contributed by atoms with Gasteiger partial charge in [0.05, 0.1) is 11.9 Å². The Bertz CT molecular complexity index is 562. The normalized spacial score (nSPS) is 14.0. The van der Waals surface area contributed by atoms with Crippen LogP contribution in [0.15, 0.2) is 30.6 Å². The molecule has 2 aromatic rings. The van der Waals surface area contributed by atoms with Gasteiger partial charge in [0.1, 0.15) is 0 Å². The fourth-order valence-electron chi connectivity index (χ4n) is 2.14. The molecule has 0 saturated heterocycles. The van der Waals surface area contributed by atoms with E-state index in [1.807, 2.05) is 18.2 Å². The van der Waals surface area contributed by atoms with Crippen molar-refractivity contribution in [3.05, 3.63) is 47.3 Å². The van der Waals surface area contributed by atoms with Crippen LogP contribution in [0.25, 0.3) is 0 Å². The Balaban J connectivity index is 1.81. The second-order valence-corrected chi connectivity index (χ2v) is 4.35. The van der Waals surface area contributed by atoms with Crippen LogP contribution in [0, 0.1) is 0 Å². The molecule has 1 aromatic carbocycles. The van der Waals surface area contributed by atoms with Crippen molar-refractivity contribution in [2.24, 2.45) is 0 Å². The number of benzene rings is 1. The van der Waals surface area contributed by atoms with E-state index in [0.717, 1.165) is 19.5 Å². The van der Waals surface area contributed by atoms with E-state index in [1.165, 1.54) is 11.1 Å². The lowest BCUT2D eigenvalue weighted by Crippen LogP contribution is -2.24. The maximum Gasteiger partial charge on any atom is 0.255 e. The highest BCUT2D eigenvalue weighted by Gasteiger charge is 2.12. The molecule has 0 unspecified atom stereocenters. The molecular weight excluding hydrogens is 228 g/mol. The predicted molar refractivity (Wildman–Crippen MR) is 68.4 cm³/mol. The van der Waals surface area contributed by atoms with Gasteiger partial charge in [0.15, 0.2) is 0 Å². The van der Waals surface area contributed by atoms with E-state index in [9.17, 15) is 4.79 Å². The zero-order valence-corrected chi connectivity index (χ0v) is 9.86. The summed E-state index contributed by atoms with van der Waals surface area (Å²) in [6, 6.07) is 5.87. The van der Waals surface area contributed by atoms with Crippen LogP contribution in [0.1, 0.15) is 21.5 Å². The van der Waals surface area contributed by atoms with Crippen molar-refractivity contribution in [2.45, 2.75) is 13.0 Å². The third-order valence-electron chi connectivity index (χ3n) is 3.11. The lowest BCUT2D eigenvalue weighted by atomic mass is 9.98. The number of fused-ring (bicyclic) bond motifs is 1. The number of hydrogen-bond acceptors (Lipinski definition) is 3. The molecule has 3 rings (SSSR count). The van der Waals surface area contributed by atoms with Crippen LogP contribution in [-0.2, 0) is 13.0 Å². The molecule has 1 aliphatic rings. The number of hydrogen-bond donors (Lipinski definition) is 3. The van der Waals surface area contributed by atoms with Gasteiger partial charge < -0.3 is 10.6 Å². The summed E-state index contributed by atoms with van der Waals surface area (Å²) in [5.74, 6) is -0.107. The first-order chi connectivity index (χ1) is 8.83. The molecule has 0 fully saturated rings. The number of H-pyrrole nitrogens is 1. The second-order valence-electron chi connectivity index (χ2n) is 4.35. The van der Waals surface area contributed by atoms with Gasteiger partial charge in [0.2, 0.25) is 0 Å². The topological polar surface area (TPSA) is 69.8 Å². The van der Waals surface area contributed by atoms with Crippen LogP contribution in [-0.4, -0.2) is 22.6 Å². The lowest BCUT2D eigenvalue weighted by molar-refractivity contribution is 0.102. The average Bonchev–Trinajstić information content (AvgIpc) is 2.91. The molecule has 0 bridgehead atoms. The van der Waals surface area contributed by atoms with Gasteiger partial charge in [-0.25, -0.2) is 0 Å². The van der Waals surface area contributed by atoms with E-state index in [4.69, 9.17) is 0 Å². The summed E-state index contributed by atoms with van der Waals surface area (Å²) in [6.07, 6.45) is 4.26. The van der Waals surface area contributed by atoms with E-state index in [1.54, 1.807) is 12.4 Å². The Hall–Kier alpha value is -2.14. The van der Waals surface area contributed by atoms with Gasteiger partial charge in [0.25, 0.3) is 5.91 Å². The highest BCUT2D eigenvalue weighted by molar-refractivity contribution is 6.04. The number of aromatic nitrogens is 2. The Labute approximate surface area is 105 Å². The Kier molecular flexibility index (Phi) is 2.82. The summed E-state index contributed by atoms with van der Waals surface area (Å²) in [4.78, 5) is 12.0. The van der Waals surface area contributed by atoms with Crippen molar-refractivity contribution < 1.29 is 4.79 Å². The molecule has 0 radical (unpaired) electrons. The molecule has 2 heterocycles. The van der Waals surface area contributed by atoms with E-state index < -0.39 is 0 Å². The van der Waals surface area contributed by atoms with Crippen molar-refractivity contribution >= 4 is 11.6 Å². The van der Waals surface area contributed by atoms with Crippen LogP contribution < -0.4 is 10.6 Å². The Morgan fingerprint density at radius 3 is 3.11 bits per heavy atom. The number of carbonyl (C=O) groups is 1. The number of anilines is 1. The number of rotatable bonds is 2. The molecule has 5 nitrogen and oxygen atoms in total. The molecule has 1 aliphatic heterocycles. The molecule has 0 saturated carbocycles. The minimum absolute atomic E-state index is 0.107. The third kappa shape index (κ3) is 2.12. The van der Waals surface area contributed by atoms with Gasteiger partial charge in [-0.15, -0.1) is 0 Å². The molecular formula is C13H14N4O. The fraction of sp³-hybridized carbons (Fsp3) is 0.231. The van der Waals surface area contributed by atoms with E-state index >= 15 is 0 Å². The quantitative estimate of drug-likeness (QED) is 0.743. The minimum Gasteiger partial charge on any atom is -0.319 e. The molecule has 5 heteroatoms. The smallest absolute Gasteiger partial charge is 0.255 e. The number of aromatic amines is 1. The maximum absolute atomic E-state index is 12.0. The van der Waals surface area contributed by atoms with Gasteiger partial charge in [-0.3, -0.25) is 9.89 Å². The predicted octanol–water partition coefficient (Wildman–Crippen LogP) is 1.31. The van der Waals surface area contributed by atoms with Crippen LogP contribution in [0.4, 0.5) is 5.69 Å². The molecule has 0 aliphatic carbocycles. The minimum atomic E-state index is -0.107. The summed E-state index contributed by atoms with van der Waals surface area (Å²) in [7, 11) is 0. The zero-order chi connectivity index (χ0) is 12.4. The maximum atomic E-state index is 12.0. The van der Waals surface area contributed by atoms with Gasteiger partial charge in [-0.2, -0.15) is 5.10 Å². The number of nitrogens with zero attached hydrogens (tertiary/aromatic N) is 1. The molecule has 92 valence electrons. The van der Waals surface area contributed by atoms with E-state index in [0.29, 0.717) is 11.3 Å². The first-order valence-electron chi connectivity index (χ1n) is 5.95. The SMILES string of the molecule is O=C(Nc1cn[nH]c1)c1ccc2c(c1)CNCC2. The van der Waals surface area contributed by atoms with Crippen LogP contribution >= 0.6 is 0 Å². The Morgan fingerprint density at radius 1 is 1.33 bits per heavy atom. The lowest BCUT2D eigenvalue weighted by Gasteiger charge is -2.17. The van der Waals surface area contributed by atoms with Crippen LogP contribution in [0.2, 0.25) is 0 Å². The molecule has 0 atom stereocenters. The molecule has 1 amide bonds. The highest BCUT2D eigenvalue weighted by Crippen LogP contribution is 2.16. The average molecular weight is 242 g/mol. The molecule has 1 aromatic heterocycles. The van der Waals surface area contributed by atoms with Crippen molar-refractivity contribution in [1.82, 2.24) is 15.5 Å². The third-order valence-corrected chi connectivity index (χ3v) is 3.11. The summed E-state index contributed by atoms with van der Waals surface area (Å²) < 4.78 is 0. The summed E-state index contributed by atoms with van der Waals surface area (Å²) in [5.41, 5.74) is 3.89. The highest BCUT2D eigenvalue weighted by atomic mass is 16.1. The van der Waals surface area contributed by atoms with E-state index in [-0.39, 0.29) is 5.91 Å². The fourth-order valence-corrected chi connectivity index (χ4v) is 2.14. The molecule has 3 N–H and O–H groups in total. The summed E-state index contributed by atoms with van der Waals surface area (Å²) in [5, 5.41) is 12.5. The number of nitrogens with one attached hydrogen (secondary N) is 3. The largest absolute Gasteiger partial charge is 0.319 e. The standard InChI is InChI=1S/C13H14N4O/c18-13(17-12-7-15-16-8-12)10-2-1-9-3-4-14-6-11(9)5-10/h1-2,5,7-8,14H,3-4,6H2,(H,15,16)(H,17,18). The van der Waals surface area contributed by atoms with Crippen molar-refractivity contribution in [1.29, 1.82) is 0 Å². The van der Waals surface area contributed by atoms with Crippen LogP contribution in [0.3, 0.4) is 0 Å². The van der Waals surface area contributed by atoms with Crippen molar-refractivity contribution in [3.63, 3.8) is 0 Å². The number of amides is 1. The first-order valence-corrected chi connectivity index (χ1v) is 5.95. The summed E-state index contributed by atoms with van der Waals surface area (Å²) >= 11 is 0. The van der Waals surface area contributed by atoms with Gasteiger partial charge in [-0.1, -0.05) is 6.07 Å².